The van der Waals surface area contributed by atoms with Crippen molar-refractivity contribution < 1.29 is 19.4 Å². The lowest BCUT2D eigenvalue weighted by molar-refractivity contribution is -0.147. The number of carboxylic acid groups (broad SMARTS) is 1. The topological polar surface area (TPSA) is 117 Å². The van der Waals surface area contributed by atoms with Gasteiger partial charge in [-0.05, 0) is 56.2 Å². The summed E-state index contributed by atoms with van der Waals surface area (Å²) in [7, 11) is 0. The summed E-state index contributed by atoms with van der Waals surface area (Å²) in [6, 6.07) is 12.6. The number of rotatable bonds is 9. The van der Waals surface area contributed by atoms with Gasteiger partial charge in [0, 0.05) is 18.3 Å². The van der Waals surface area contributed by atoms with E-state index in [9.17, 15) is 9.59 Å². The largest absolute Gasteiger partial charge is 0.487 e. The highest BCUT2D eigenvalue weighted by Crippen LogP contribution is 2.20. The maximum absolute atomic E-state index is 12.4. The number of carbonyl (C=O) groups is 2. The third-order valence-electron chi connectivity index (χ3n) is 4.72. The molecule has 156 valence electrons. The van der Waals surface area contributed by atoms with Crippen molar-refractivity contribution in [3.8, 4) is 17.1 Å². The first kappa shape index (κ1) is 21.0. The van der Waals surface area contributed by atoms with Gasteiger partial charge in [0.2, 0.25) is 0 Å². The Kier molecular flexibility index (Phi) is 6.46. The minimum atomic E-state index is -0.886. The number of nitrogens with one attached hydrogen (secondary N) is 2. The van der Waals surface area contributed by atoms with Crippen molar-refractivity contribution in [3.05, 3.63) is 66.0 Å². The van der Waals surface area contributed by atoms with E-state index in [-0.39, 0.29) is 19.1 Å². The minimum Gasteiger partial charge on any atom is -0.487 e. The summed E-state index contributed by atoms with van der Waals surface area (Å²) in [6.07, 6.45) is 3.65. The molecule has 8 nitrogen and oxygen atoms in total. The molecule has 0 bridgehead atoms. The number of ether oxygens (including phenoxy) is 1. The van der Waals surface area contributed by atoms with Crippen LogP contribution in [0, 0.1) is 5.41 Å². The van der Waals surface area contributed by atoms with E-state index in [1.165, 1.54) is 0 Å². The minimum absolute atomic E-state index is 0.247. The van der Waals surface area contributed by atoms with Crippen molar-refractivity contribution in [1.29, 1.82) is 0 Å². The number of amides is 1. The number of benzene rings is 1. The number of carbonyl (C=O) groups excluding carboxylic acids is 1. The Balaban J connectivity index is 1.53. The third kappa shape index (κ3) is 5.44. The van der Waals surface area contributed by atoms with Gasteiger partial charge in [0.25, 0.3) is 5.91 Å². The number of pyridine rings is 1. The Morgan fingerprint density at radius 3 is 2.70 bits per heavy atom. The fourth-order valence-corrected chi connectivity index (χ4v) is 2.69. The quantitative estimate of drug-likeness (QED) is 0.500. The van der Waals surface area contributed by atoms with Crippen molar-refractivity contribution in [2.75, 3.05) is 6.54 Å². The van der Waals surface area contributed by atoms with E-state index in [4.69, 9.17) is 9.84 Å². The van der Waals surface area contributed by atoms with Gasteiger partial charge in [-0.3, -0.25) is 19.7 Å². The maximum Gasteiger partial charge on any atom is 0.309 e. The van der Waals surface area contributed by atoms with Crippen LogP contribution in [-0.4, -0.2) is 38.7 Å². The Labute approximate surface area is 174 Å². The van der Waals surface area contributed by atoms with E-state index in [0.717, 1.165) is 17.0 Å². The zero-order chi connectivity index (χ0) is 21.6. The summed E-state index contributed by atoms with van der Waals surface area (Å²) in [4.78, 5) is 27.8. The van der Waals surface area contributed by atoms with E-state index in [1.807, 2.05) is 24.3 Å². The molecule has 0 aliphatic heterocycles. The summed E-state index contributed by atoms with van der Waals surface area (Å²) in [6.45, 7) is 3.84. The van der Waals surface area contributed by atoms with E-state index in [0.29, 0.717) is 17.7 Å². The van der Waals surface area contributed by atoms with Gasteiger partial charge in [-0.25, -0.2) is 0 Å². The molecule has 0 aliphatic rings. The van der Waals surface area contributed by atoms with Crippen molar-refractivity contribution >= 4 is 11.9 Å². The molecule has 8 heteroatoms. The number of aliphatic carboxylic acids is 1. The van der Waals surface area contributed by atoms with Gasteiger partial charge in [-0.1, -0.05) is 12.1 Å². The molecule has 30 heavy (non-hydrogen) atoms. The molecule has 0 spiro atoms. The van der Waals surface area contributed by atoms with Gasteiger partial charge < -0.3 is 15.2 Å². The molecule has 3 N–H and O–H groups in total. The van der Waals surface area contributed by atoms with Gasteiger partial charge in [-0.2, -0.15) is 5.10 Å². The summed E-state index contributed by atoms with van der Waals surface area (Å²) in [5, 5.41) is 18.7. The van der Waals surface area contributed by atoms with Crippen LogP contribution < -0.4 is 10.1 Å². The molecule has 0 unspecified atom stereocenters. The maximum atomic E-state index is 12.4. The molecule has 2 heterocycles. The first-order chi connectivity index (χ1) is 14.3. The van der Waals surface area contributed by atoms with E-state index in [2.05, 4.69) is 20.5 Å². The number of hydrogen-bond acceptors (Lipinski definition) is 5. The number of hydrogen-bond donors (Lipinski definition) is 3. The van der Waals surface area contributed by atoms with Gasteiger partial charge in [0.1, 0.15) is 12.4 Å². The molecule has 2 aromatic heterocycles. The summed E-state index contributed by atoms with van der Waals surface area (Å²) < 4.78 is 5.77. The molecule has 0 saturated carbocycles. The zero-order valence-electron chi connectivity index (χ0n) is 16.9. The van der Waals surface area contributed by atoms with Crippen LogP contribution in [0.2, 0.25) is 0 Å². The van der Waals surface area contributed by atoms with Crippen LogP contribution in [-0.2, 0) is 11.4 Å². The van der Waals surface area contributed by atoms with Gasteiger partial charge >= 0.3 is 5.97 Å². The van der Waals surface area contributed by atoms with Crippen LogP contribution in [0.15, 0.2) is 54.9 Å². The lowest BCUT2D eigenvalue weighted by atomic mass is 9.90. The Bertz CT molecular complexity index is 998. The molecule has 3 rings (SSSR count). The molecule has 0 fully saturated rings. The van der Waals surface area contributed by atoms with Crippen LogP contribution in [0.5, 0.6) is 5.75 Å². The standard InChI is InChI=1S/C22H24N4O4/c1-22(2,21(28)29)9-11-23-20(27)16-5-3-4-15(12-16)14-30-17-6-7-18(24-13-17)19-8-10-25-26-19/h3-8,10,12-13H,9,11,14H2,1-2H3,(H,23,27)(H,25,26)(H,28,29). The van der Waals surface area contributed by atoms with Crippen molar-refractivity contribution in [3.63, 3.8) is 0 Å². The SMILES string of the molecule is CC(C)(CCNC(=O)c1cccc(COc2ccc(-c3ccn[nH]3)nc2)c1)C(=O)O. The molecule has 1 aromatic carbocycles. The highest BCUT2D eigenvalue weighted by Gasteiger charge is 2.26. The average molecular weight is 408 g/mol. The van der Waals surface area contributed by atoms with Crippen molar-refractivity contribution in [1.82, 2.24) is 20.5 Å². The number of carboxylic acids is 1. The second kappa shape index (κ2) is 9.21. The van der Waals surface area contributed by atoms with E-state index < -0.39 is 11.4 Å². The molecule has 3 aromatic rings. The highest BCUT2D eigenvalue weighted by atomic mass is 16.5. The molecule has 1 amide bonds. The predicted molar refractivity (Wildman–Crippen MR) is 111 cm³/mol. The molecular weight excluding hydrogens is 384 g/mol. The van der Waals surface area contributed by atoms with E-state index >= 15 is 0 Å². The third-order valence-corrected chi connectivity index (χ3v) is 4.72. The molecule has 0 aliphatic carbocycles. The second-order valence-electron chi connectivity index (χ2n) is 7.53. The van der Waals surface area contributed by atoms with Gasteiger partial charge in [0.05, 0.1) is 23.0 Å². The van der Waals surface area contributed by atoms with Gasteiger partial charge in [0.15, 0.2) is 0 Å². The Hall–Kier alpha value is -3.68. The first-order valence-electron chi connectivity index (χ1n) is 9.54. The molecule has 0 saturated heterocycles. The number of nitrogens with zero attached hydrogens (tertiary/aromatic N) is 2. The summed E-state index contributed by atoms with van der Waals surface area (Å²) in [5.41, 5.74) is 2.05. The molecule has 0 radical (unpaired) electrons. The van der Waals surface area contributed by atoms with Crippen molar-refractivity contribution in [2.45, 2.75) is 26.9 Å². The predicted octanol–water partition coefficient (Wildman–Crippen LogP) is 3.28. The van der Waals surface area contributed by atoms with Crippen molar-refractivity contribution in [2.24, 2.45) is 5.41 Å². The van der Waals surface area contributed by atoms with Crippen LogP contribution in [0.1, 0.15) is 36.2 Å². The monoisotopic (exact) mass is 408 g/mol. The fraction of sp³-hybridized carbons (Fsp3) is 0.273. The zero-order valence-corrected chi connectivity index (χ0v) is 16.9. The number of aromatic nitrogens is 3. The molecule has 0 atom stereocenters. The Morgan fingerprint density at radius 1 is 1.20 bits per heavy atom. The highest BCUT2D eigenvalue weighted by molar-refractivity contribution is 5.94. The van der Waals surface area contributed by atoms with Crippen LogP contribution >= 0.6 is 0 Å². The number of H-pyrrole nitrogens is 1. The lowest BCUT2D eigenvalue weighted by Crippen LogP contribution is -2.32. The average Bonchev–Trinajstić information content (AvgIpc) is 3.27. The first-order valence-corrected chi connectivity index (χ1v) is 9.54. The van der Waals surface area contributed by atoms with Gasteiger partial charge in [-0.15, -0.1) is 0 Å². The number of aromatic amines is 1. The summed E-state index contributed by atoms with van der Waals surface area (Å²) in [5.74, 6) is -0.518. The lowest BCUT2D eigenvalue weighted by Gasteiger charge is -2.18. The van der Waals surface area contributed by atoms with E-state index in [1.54, 1.807) is 44.4 Å². The van der Waals surface area contributed by atoms with Crippen LogP contribution in [0.3, 0.4) is 0 Å². The van der Waals surface area contributed by atoms with Crippen LogP contribution in [0.4, 0.5) is 0 Å². The smallest absolute Gasteiger partial charge is 0.309 e. The van der Waals surface area contributed by atoms with Crippen LogP contribution in [0.25, 0.3) is 11.4 Å². The fourth-order valence-electron chi connectivity index (χ4n) is 2.69. The summed E-state index contributed by atoms with van der Waals surface area (Å²) >= 11 is 0. The Morgan fingerprint density at radius 2 is 2.03 bits per heavy atom. The normalized spacial score (nSPS) is 11.1. The second-order valence-corrected chi connectivity index (χ2v) is 7.53. The molecular formula is C22H24N4O4.